The number of ether oxygens (including phenoxy) is 5. The molecule has 1 atom stereocenters. The van der Waals surface area contributed by atoms with E-state index in [9.17, 15) is 10.1 Å². The molecule has 1 aliphatic rings. The maximum atomic E-state index is 12.6. The number of nitrogens with zero attached hydrogens (tertiary/aromatic N) is 1. The molecular weight excluding hydrogens is 460 g/mol. The average molecular weight is 485 g/mol. The number of esters is 1. The second kappa shape index (κ2) is 10.6. The highest BCUT2D eigenvalue weighted by Gasteiger charge is 2.31. The van der Waals surface area contributed by atoms with Gasteiger partial charge in [0.2, 0.25) is 5.88 Å². The lowest BCUT2D eigenvalue weighted by Gasteiger charge is -2.27. The van der Waals surface area contributed by atoms with Gasteiger partial charge in [-0.05, 0) is 42.0 Å². The Morgan fingerprint density at radius 2 is 1.92 bits per heavy atom. The van der Waals surface area contributed by atoms with E-state index in [4.69, 9.17) is 29.4 Å². The van der Waals surface area contributed by atoms with Gasteiger partial charge in [0.05, 0.1) is 25.7 Å². The molecule has 0 saturated carbocycles. The molecule has 0 spiro atoms. The standard InChI is InChI=1S/C28H24N2O6/c1-4-12-34-23-11-8-17(14-25(23)33-3)26-21-10-9-20(15-24(21)36-27(30)22(26)16-29)35-28(31)18-6-5-7-19(13-18)32-2/h4-11,13-15,26H,1,12,30H2,2-3H3. The fraction of sp³-hybridized carbons (Fsp3) is 0.143. The van der Waals surface area contributed by atoms with Gasteiger partial charge in [0.1, 0.15) is 35.5 Å². The van der Waals surface area contributed by atoms with Crippen LogP contribution in [0.25, 0.3) is 0 Å². The Kier molecular flexibility index (Phi) is 7.12. The highest BCUT2D eigenvalue weighted by molar-refractivity contribution is 5.91. The Labute approximate surface area is 208 Å². The van der Waals surface area contributed by atoms with Crippen LogP contribution in [0.2, 0.25) is 0 Å². The fourth-order valence-corrected chi connectivity index (χ4v) is 3.89. The van der Waals surface area contributed by atoms with E-state index in [1.165, 1.54) is 14.2 Å². The van der Waals surface area contributed by atoms with Crippen LogP contribution in [0.3, 0.4) is 0 Å². The van der Waals surface area contributed by atoms with Crippen molar-refractivity contribution in [2.24, 2.45) is 5.73 Å². The molecular formula is C28H24N2O6. The summed E-state index contributed by atoms with van der Waals surface area (Å²) in [6, 6.07) is 19.2. The highest BCUT2D eigenvalue weighted by atomic mass is 16.5. The molecule has 4 rings (SSSR count). The predicted molar refractivity (Wildman–Crippen MR) is 132 cm³/mol. The van der Waals surface area contributed by atoms with E-state index in [2.05, 4.69) is 12.6 Å². The lowest BCUT2D eigenvalue weighted by atomic mass is 9.83. The van der Waals surface area contributed by atoms with Gasteiger partial charge in [-0.15, -0.1) is 0 Å². The van der Waals surface area contributed by atoms with Crippen LogP contribution < -0.4 is 29.4 Å². The number of benzene rings is 3. The molecule has 0 radical (unpaired) electrons. The molecule has 1 aliphatic heterocycles. The van der Waals surface area contributed by atoms with E-state index in [0.29, 0.717) is 40.7 Å². The topological polar surface area (TPSA) is 113 Å². The lowest BCUT2D eigenvalue weighted by Crippen LogP contribution is -2.21. The second-order valence-corrected chi connectivity index (χ2v) is 7.76. The lowest BCUT2D eigenvalue weighted by molar-refractivity contribution is 0.0734. The van der Waals surface area contributed by atoms with Crippen molar-refractivity contribution in [3.8, 4) is 34.8 Å². The molecule has 3 aromatic carbocycles. The molecule has 182 valence electrons. The molecule has 0 fully saturated rings. The Balaban J connectivity index is 1.68. The number of nitriles is 1. The Morgan fingerprint density at radius 3 is 2.64 bits per heavy atom. The number of rotatable bonds is 8. The number of fused-ring (bicyclic) bond motifs is 1. The van der Waals surface area contributed by atoms with Crippen molar-refractivity contribution >= 4 is 5.97 Å². The monoisotopic (exact) mass is 484 g/mol. The van der Waals surface area contributed by atoms with Crippen molar-refractivity contribution in [3.05, 3.63) is 101 Å². The third-order valence-corrected chi connectivity index (χ3v) is 5.58. The minimum absolute atomic E-state index is 0.0303. The third kappa shape index (κ3) is 4.81. The van der Waals surface area contributed by atoms with Gasteiger partial charge >= 0.3 is 5.97 Å². The summed E-state index contributed by atoms with van der Waals surface area (Å²) in [6.07, 6.45) is 1.64. The van der Waals surface area contributed by atoms with Gasteiger partial charge in [-0.3, -0.25) is 0 Å². The number of allylic oxidation sites excluding steroid dienone is 1. The van der Waals surface area contributed by atoms with Crippen LogP contribution in [0.15, 0.2) is 84.8 Å². The molecule has 1 heterocycles. The van der Waals surface area contributed by atoms with Gasteiger partial charge in [-0.2, -0.15) is 5.26 Å². The van der Waals surface area contributed by atoms with E-state index in [1.54, 1.807) is 60.7 Å². The van der Waals surface area contributed by atoms with Crippen molar-refractivity contribution in [3.63, 3.8) is 0 Å². The molecule has 0 saturated heterocycles. The Morgan fingerprint density at radius 1 is 1.08 bits per heavy atom. The number of nitrogens with two attached hydrogens (primary N) is 1. The summed E-state index contributed by atoms with van der Waals surface area (Å²) in [5.74, 6) is 1.12. The van der Waals surface area contributed by atoms with E-state index < -0.39 is 11.9 Å². The van der Waals surface area contributed by atoms with Crippen LogP contribution in [0.1, 0.15) is 27.4 Å². The van der Waals surface area contributed by atoms with Gasteiger partial charge in [0.25, 0.3) is 0 Å². The molecule has 1 unspecified atom stereocenters. The number of methoxy groups -OCH3 is 2. The first kappa shape index (κ1) is 24.2. The highest BCUT2D eigenvalue weighted by Crippen LogP contribution is 2.45. The average Bonchev–Trinajstić information content (AvgIpc) is 2.90. The Bertz CT molecular complexity index is 1390. The van der Waals surface area contributed by atoms with Crippen LogP contribution in [0.4, 0.5) is 0 Å². The maximum absolute atomic E-state index is 12.6. The van der Waals surface area contributed by atoms with Crippen LogP contribution in [-0.4, -0.2) is 26.8 Å². The summed E-state index contributed by atoms with van der Waals surface area (Å²) in [5, 5.41) is 9.84. The molecule has 0 aromatic heterocycles. The Hall–Kier alpha value is -4.90. The number of hydrogen-bond donors (Lipinski definition) is 1. The van der Waals surface area contributed by atoms with Crippen LogP contribution >= 0.6 is 0 Å². The molecule has 2 N–H and O–H groups in total. The summed E-state index contributed by atoms with van der Waals surface area (Å²) in [7, 11) is 3.06. The largest absolute Gasteiger partial charge is 0.497 e. The smallest absolute Gasteiger partial charge is 0.343 e. The van der Waals surface area contributed by atoms with Gasteiger partial charge in [0, 0.05) is 11.6 Å². The van der Waals surface area contributed by atoms with Crippen molar-refractivity contribution in [1.29, 1.82) is 5.26 Å². The van der Waals surface area contributed by atoms with Gasteiger partial charge in [0.15, 0.2) is 11.5 Å². The van der Waals surface area contributed by atoms with Gasteiger partial charge < -0.3 is 29.4 Å². The SMILES string of the molecule is C=CCOc1ccc(C2C(C#N)=C(N)Oc3cc(OC(=O)c4cccc(OC)c4)ccc32)cc1OC. The normalized spacial score (nSPS) is 14.1. The molecule has 0 amide bonds. The van der Waals surface area contributed by atoms with E-state index in [-0.39, 0.29) is 17.2 Å². The van der Waals surface area contributed by atoms with Crippen LogP contribution in [-0.2, 0) is 0 Å². The maximum Gasteiger partial charge on any atom is 0.343 e. The van der Waals surface area contributed by atoms with Crippen molar-refractivity contribution in [1.82, 2.24) is 0 Å². The quantitative estimate of drug-likeness (QED) is 0.278. The van der Waals surface area contributed by atoms with E-state index >= 15 is 0 Å². The summed E-state index contributed by atoms with van der Waals surface area (Å²) in [5.41, 5.74) is 8.15. The zero-order chi connectivity index (χ0) is 25.7. The van der Waals surface area contributed by atoms with Crippen molar-refractivity contribution < 1.29 is 28.5 Å². The minimum Gasteiger partial charge on any atom is -0.497 e. The fourth-order valence-electron chi connectivity index (χ4n) is 3.89. The first-order chi connectivity index (χ1) is 17.5. The first-order valence-corrected chi connectivity index (χ1v) is 11.0. The molecule has 8 heteroatoms. The summed E-state index contributed by atoms with van der Waals surface area (Å²) < 4.78 is 27.6. The summed E-state index contributed by atoms with van der Waals surface area (Å²) in [4.78, 5) is 12.6. The zero-order valence-electron chi connectivity index (χ0n) is 19.8. The van der Waals surface area contributed by atoms with E-state index in [0.717, 1.165) is 5.56 Å². The first-order valence-electron chi connectivity index (χ1n) is 11.0. The van der Waals surface area contributed by atoms with Crippen molar-refractivity contribution in [2.45, 2.75) is 5.92 Å². The predicted octanol–water partition coefficient (Wildman–Crippen LogP) is 4.71. The number of carbonyl (C=O) groups excluding carboxylic acids is 1. The number of hydrogen-bond acceptors (Lipinski definition) is 8. The number of carbonyl (C=O) groups is 1. The summed E-state index contributed by atoms with van der Waals surface area (Å²) >= 11 is 0. The van der Waals surface area contributed by atoms with Crippen LogP contribution in [0.5, 0.6) is 28.7 Å². The molecule has 3 aromatic rings. The molecule has 0 bridgehead atoms. The van der Waals surface area contributed by atoms with Crippen molar-refractivity contribution in [2.75, 3.05) is 20.8 Å². The molecule has 36 heavy (non-hydrogen) atoms. The molecule has 8 nitrogen and oxygen atoms in total. The summed E-state index contributed by atoms with van der Waals surface area (Å²) in [6.45, 7) is 3.98. The molecule has 0 aliphatic carbocycles. The van der Waals surface area contributed by atoms with E-state index in [1.807, 2.05) is 6.07 Å². The van der Waals surface area contributed by atoms with Gasteiger partial charge in [-0.1, -0.05) is 30.9 Å². The second-order valence-electron chi connectivity index (χ2n) is 7.76. The zero-order valence-corrected chi connectivity index (χ0v) is 19.8. The third-order valence-electron chi connectivity index (χ3n) is 5.58. The van der Waals surface area contributed by atoms with Crippen LogP contribution in [0, 0.1) is 11.3 Å². The minimum atomic E-state index is -0.553. The van der Waals surface area contributed by atoms with Gasteiger partial charge in [-0.25, -0.2) is 4.79 Å².